The van der Waals surface area contributed by atoms with Gasteiger partial charge in [0.25, 0.3) is 5.91 Å². The van der Waals surface area contributed by atoms with Gasteiger partial charge in [0.2, 0.25) is 0 Å². The normalized spacial score (nSPS) is 10.5. The molecule has 2 rings (SSSR count). The average molecular weight is 299 g/mol. The minimum atomic E-state index is -0.160. The molecule has 6 heteroatoms. The Kier molecular flexibility index (Phi) is 5.85. The molecular formula is C16H21N5O. The van der Waals surface area contributed by atoms with Gasteiger partial charge in [-0.25, -0.2) is 0 Å². The van der Waals surface area contributed by atoms with Gasteiger partial charge in [0, 0.05) is 43.9 Å². The Morgan fingerprint density at radius 3 is 2.86 bits per heavy atom. The molecule has 0 aliphatic heterocycles. The number of hydrogen-bond donors (Lipinski definition) is 2. The molecule has 22 heavy (non-hydrogen) atoms. The molecule has 0 aliphatic rings. The first-order valence-electron chi connectivity index (χ1n) is 7.17. The number of rotatable bonds is 7. The molecule has 0 unspecified atom stereocenters. The largest absolute Gasteiger partial charge is 0.381 e. The molecule has 1 amide bonds. The zero-order valence-corrected chi connectivity index (χ0v) is 12.9. The van der Waals surface area contributed by atoms with Crippen molar-refractivity contribution in [1.82, 2.24) is 20.2 Å². The van der Waals surface area contributed by atoms with Crippen LogP contribution in [0.5, 0.6) is 0 Å². The molecule has 2 N–H and O–H groups in total. The van der Waals surface area contributed by atoms with Crippen LogP contribution in [0.4, 0.5) is 5.69 Å². The first-order valence-corrected chi connectivity index (χ1v) is 7.17. The Bertz CT molecular complexity index is 600. The van der Waals surface area contributed by atoms with Crippen molar-refractivity contribution in [3.05, 3.63) is 54.1 Å². The maximum atomic E-state index is 12.0. The fourth-order valence-electron chi connectivity index (χ4n) is 1.86. The zero-order valence-electron chi connectivity index (χ0n) is 12.9. The lowest BCUT2D eigenvalue weighted by Gasteiger charge is -2.11. The van der Waals surface area contributed by atoms with Crippen LogP contribution in [0, 0.1) is 0 Å². The van der Waals surface area contributed by atoms with Gasteiger partial charge in [-0.2, -0.15) is 0 Å². The molecule has 2 aromatic rings. The third-order valence-corrected chi connectivity index (χ3v) is 3.06. The monoisotopic (exact) mass is 299 g/mol. The van der Waals surface area contributed by atoms with Gasteiger partial charge in [-0.1, -0.05) is 6.07 Å². The van der Waals surface area contributed by atoms with E-state index in [9.17, 15) is 4.79 Å². The summed E-state index contributed by atoms with van der Waals surface area (Å²) in [6.07, 6.45) is 5.18. The Morgan fingerprint density at radius 2 is 2.14 bits per heavy atom. The number of hydrogen-bond acceptors (Lipinski definition) is 5. The van der Waals surface area contributed by atoms with Gasteiger partial charge in [0.05, 0.1) is 0 Å². The molecular weight excluding hydrogens is 278 g/mol. The first kappa shape index (κ1) is 15.9. The SMILES string of the molecule is CN(C)CCNC(=O)c1cc(NCc2cccnc2)ccn1. The lowest BCUT2D eigenvalue weighted by atomic mass is 10.2. The molecule has 0 aromatic carbocycles. The molecule has 0 fully saturated rings. The van der Waals surface area contributed by atoms with E-state index in [1.807, 2.05) is 43.4 Å². The summed E-state index contributed by atoms with van der Waals surface area (Å²) in [7, 11) is 3.93. The second-order valence-corrected chi connectivity index (χ2v) is 5.20. The predicted octanol–water partition coefficient (Wildman–Crippen LogP) is 1.38. The van der Waals surface area contributed by atoms with Crippen molar-refractivity contribution < 1.29 is 4.79 Å². The van der Waals surface area contributed by atoms with Crippen molar-refractivity contribution in [3.63, 3.8) is 0 Å². The number of carbonyl (C=O) groups excluding carboxylic acids is 1. The Hall–Kier alpha value is -2.47. The van der Waals surface area contributed by atoms with Crippen LogP contribution in [0.3, 0.4) is 0 Å². The van der Waals surface area contributed by atoms with Crippen molar-refractivity contribution in [3.8, 4) is 0 Å². The minimum Gasteiger partial charge on any atom is -0.381 e. The minimum absolute atomic E-state index is 0.160. The predicted molar refractivity (Wildman–Crippen MR) is 86.7 cm³/mol. The van der Waals surface area contributed by atoms with Crippen molar-refractivity contribution in [1.29, 1.82) is 0 Å². The third kappa shape index (κ3) is 5.14. The fourth-order valence-corrected chi connectivity index (χ4v) is 1.86. The van der Waals surface area contributed by atoms with Crippen molar-refractivity contribution >= 4 is 11.6 Å². The summed E-state index contributed by atoms with van der Waals surface area (Å²) in [4.78, 5) is 22.2. The molecule has 0 aliphatic carbocycles. The summed E-state index contributed by atoms with van der Waals surface area (Å²) in [5, 5.41) is 6.11. The summed E-state index contributed by atoms with van der Waals surface area (Å²) in [6, 6.07) is 7.48. The van der Waals surface area contributed by atoms with Gasteiger partial charge in [0.1, 0.15) is 5.69 Å². The summed E-state index contributed by atoms with van der Waals surface area (Å²) < 4.78 is 0. The fraction of sp³-hybridized carbons (Fsp3) is 0.312. The second kappa shape index (κ2) is 8.09. The molecule has 0 saturated heterocycles. The van der Waals surface area contributed by atoms with Crippen LogP contribution >= 0.6 is 0 Å². The lowest BCUT2D eigenvalue weighted by Crippen LogP contribution is -2.31. The van der Waals surface area contributed by atoms with E-state index in [1.54, 1.807) is 18.5 Å². The molecule has 2 heterocycles. The first-order chi connectivity index (χ1) is 10.6. The molecule has 0 spiro atoms. The zero-order chi connectivity index (χ0) is 15.8. The highest BCUT2D eigenvalue weighted by Gasteiger charge is 2.07. The Balaban J connectivity index is 1.90. The maximum absolute atomic E-state index is 12.0. The van der Waals surface area contributed by atoms with Gasteiger partial charge < -0.3 is 15.5 Å². The van der Waals surface area contributed by atoms with E-state index in [0.29, 0.717) is 18.8 Å². The van der Waals surface area contributed by atoms with E-state index in [2.05, 4.69) is 20.6 Å². The van der Waals surface area contributed by atoms with Crippen molar-refractivity contribution in [2.75, 3.05) is 32.5 Å². The second-order valence-electron chi connectivity index (χ2n) is 5.20. The summed E-state index contributed by atoms with van der Waals surface area (Å²) in [5.41, 5.74) is 2.35. The number of aromatic nitrogens is 2. The van der Waals surface area contributed by atoms with E-state index < -0.39 is 0 Å². The topological polar surface area (TPSA) is 70.2 Å². The van der Waals surface area contributed by atoms with Crippen LogP contribution in [-0.4, -0.2) is 48.0 Å². The summed E-state index contributed by atoms with van der Waals surface area (Å²) >= 11 is 0. The maximum Gasteiger partial charge on any atom is 0.269 e. The van der Waals surface area contributed by atoms with Gasteiger partial charge in [-0.15, -0.1) is 0 Å². The molecule has 0 saturated carbocycles. The summed E-state index contributed by atoms with van der Waals surface area (Å²) in [5.74, 6) is -0.160. The summed E-state index contributed by atoms with van der Waals surface area (Å²) in [6.45, 7) is 2.05. The number of pyridine rings is 2. The lowest BCUT2D eigenvalue weighted by molar-refractivity contribution is 0.0946. The smallest absolute Gasteiger partial charge is 0.269 e. The van der Waals surface area contributed by atoms with Crippen molar-refractivity contribution in [2.24, 2.45) is 0 Å². The van der Waals surface area contributed by atoms with Crippen LogP contribution in [-0.2, 0) is 6.54 Å². The molecule has 0 radical (unpaired) electrons. The van der Waals surface area contributed by atoms with Gasteiger partial charge >= 0.3 is 0 Å². The highest BCUT2D eigenvalue weighted by Crippen LogP contribution is 2.09. The molecule has 0 atom stereocenters. The highest BCUT2D eigenvalue weighted by atomic mass is 16.1. The van der Waals surface area contributed by atoms with E-state index in [1.165, 1.54) is 0 Å². The molecule has 2 aromatic heterocycles. The van der Waals surface area contributed by atoms with Crippen LogP contribution in [0.1, 0.15) is 16.1 Å². The van der Waals surface area contributed by atoms with E-state index in [0.717, 1.165) is 17.8 Å². The number of carbonyl (C=O) groups is 1. The average Bonchev–Trinajstić information content (AvgIpc) is 2.54. The standard InChI is InChI=1S/C16H21N5O/c1-21(2)9-8-19-16(22)15-10-14(5-7-18-15)20-12-13-4-3-6-17-11-13/h3-7,10-11H,8-9,12H2,1-2H3,(H,18,20)(H,19,22). The molecule has 6 nitrogen and oxygen atoms in total. The van der Waals surface area contributed by atoms with E-state index >= 15 is 0 Å². The van der Waals surface area contributed by atoms with E-state index in [-0.39, 0.29) is 5.91 Å². The number of nitrogens with one attached hydrogen (secondary N) is 2. The molecule has 116 valence electrons. The number of amides is 1. The number of nitrogens with zero attached hydrogens (tertiary/aromatic N) is 3. The number of likely N-dealkylation sites (N-methyl/N-ethyl adjacent to an activating group) is 1. The Morgan fingerprint density at radius 1 is 1.27 bits per heavy atom. The van der Waals surface area contributed by atoms with E-state index in [4.69, 9.17) is 0 Å². The quantitative estimate of drug-likeness (QED) is 0.808. The van der Waals surface area contributed by atoms with Gasteiger partial charge in [-0.05, 0) is 37.9 Å². The van der Waals surface area contributed by atoms with Crippen molar-refractivity contribution in [2.45, 2.75) is 6.54 Å². The van der Waals surface area contributed by atoms with Crippen LogP contribution in [0.2, 0.25) is 0 Å². The van der Waals surface area contributed by atoms with Crippen LogP contribution in [0.15, 0.2) is 42.9 Å². The third-order valence-electron chi connectivity index (χ3n) is 3.06. The number of anilines is 1. The Labute approximate surface area is 130 Å². The van der Waals surface area contributed by atoms with Gasteiger partial charge in [0.15, 0.2) is 0 Å². The van der Waals surface area contributed by atoms with Crippen LogP contribution in [0.25, 0.3) is 0 Å². The highest BCUT2D eigenvalue weighted by molar-refractivity contribution is 5.93. The van der Waals surface area contributed by atoms with Crippen LogP contribution < -0.4 is 10.6 Å². The van der Waals surface area contributed by atoms with Gasteiger partial charge in [-0.3, -0.25) is 14.8 Å². The molecule has 0 bridgehead atoms.